The fraction of sp³-hybridized carbons (Fsp3) is 0.364. The van der Waals surface area contributed by atoms with Gasteiger partial charge in [0.05, 0.1) is 11.3 Å². The molecule has 0 radical (unpaired) electrons. The highest BCUT2D eigenvalue weighted by molar-refractivity contribution is 7.22. The Morgan fingerprint density at radius 3 is 2.52 bits per heavy atom. The third kappa shape index (κ3) is 5.46. The van der Waals surface area contributed by atoms with Gasteiger partial charge < -0.3 is 14.4 Å². The zero-order valence-electron chi connectivity index (χ0n) is 17.3. The second-order valence-corrected chi connectivity index (χ2v) is 7.99. The molecule has 3 rings (SSSR count). The first kappa shape index (κ1) is 21.1. The molecule has 1 heterocycles. The molecule has 29 heavy (non-hydrogen) atoms. The molecule has 1 amide bonds. The highest BCUT2D eigenvalue weighted by Gasteiger charge is 2.21. The predicted molar refractivity (Wildman–Crippen MR) is 118 cm³/mol. The number of likely N-dealkylation sites (N-methyl/N-ethyl adjacent to an activating group) is 1. The normalized spacial score (nSPS) is 11.1. The quantitative estimate of drug-likeness (QED) is 0.531. The zero-order chi connectivity index (χ0) is 20.8. The molecule has 0 spiro atoms. The molecular weight excluding hydrogens is 386 g/mol. The minimum Gasteiger partial charge on any atom is -0.492 e. The second kappa shape index (κ2) is 9.71. The van der Waals surface area contributed by atoms with Crippen LogP contribution in [0.1, 0.15) is 12.5 Å². The summed E-state index contributed by atoms with van der Waals surface area (Å²) in [6.45, 7) is 5.75. The Bertz CT molecular complexity index is 954. The Hall–Kier alpha value is -2.64. The first-order chi connectivity index (χ1) is 14.0. The van der Waals surface area contributed by atoms with Crippen molar-refractivity contribution in [2.75, 3.05) is 45.3 Å². The van der Waals surface area contributed by atoms with Crippen molar-refractivity contribution >= 4 is 32.6 Å². The number of anilines is 1. The second-order valence-electron chi connectivity index (χ2n) is 6.98. The lowest BCUT2D eigenvalue weighted by Gasteiger charge is -2.22. The smallest absolute Gasteiger partial charge is 0.266 e. The van der Waals surface area contributed by atoms with Gasteiger partial charge in [0.25, 0.3) is 5.91 Å². The van der Waals surface area contributed by atoms with Crippen LogP contribution in [0.25, 0.3) is 10.2 Å². The van der Waals surface area contributed by atoms with Crippen molar-refractivity contribution in [1.29, 1.82) is 0 Å². The van der Waals surface area contributed by atoms with Gasteiger partial charge in [-0.1, -0.05) is 35.1 Å². The fourth-order valence-corrected chi connectivity index (χ4v) is 3.81. The number of benzene rings is 2. The molecule has 6 nitrogen and oxygen atoms in total. The summed E-state index contributed by atoms with van der Waals surface area (Å²) < 4.78 is 12.4. The zero-order valence-corrected chi connectivity index (χ0v) is 18.2. The Labute approximate surface area is 175 Å². The number of ether oxygens (including phenoxy) is 2. The number of aromatic nitrogens is 1. The monoisotopic (exact) mass is 413 g/mol. The topological polar surface area (TPSA) is 54.9 Å². The predicted octanol–water partition coefficient (Wildman–Crippen LogP) is 3.98. The number of hydrogen-bond acceptors (Lipinski definition) is 6. The minimum absolute atomic E-state index is 0.0370. The lowest BCUT2D eigenvalue weighted by atomic mass is 10.2. The van der Waals surface area contributed by atoms with Gasteiger partial charge in [0.15, 0.2) is 11.7 Å². The summed E-state index contributed by atoms with van der Waals surface area (Å²) in [7, 11) is 3.97. The molecule has 154 valence electrons. The lowest BCUT2D eigenvalue weighted by Crippen LogP contribution is -2.39. The lowest BCUT2D eigenvalue weighted by molar-refractivity contribution is -0.120. The van der Waals surface area contributed by atoms with Crippen molar-refractivity contribution in [3.05, 3.63) is 48.0 Å². The number of rotatable bonds is 9. The summed E-state index contributed by atoms with van der Waals surface area (Å²) in [5.74, 6) is 1.30. The van der Waals surface area contributed by atoms with Gasteiger partial charge in [-0.25, -0.2) is 4.98 Å². The third-order valence-electron chi connectivity index (χ3n) is 4.36. The third-order valence-corrected chi connectivity index (χ3v) is 5.40. The van der Waals surface area contributed by atoms with E-state index in [1.165, 1.54) is 11.3 Å². The van der Waals surface area contributed by atoms with Crippen molar-refractivity contribution in [2.24, 2.45) is 0 Å². The summed E-state index contributed by atoms with van der Waals surface area (Å²) in [6, 6.07) is 13.5. The van der Waals surface area contributed by atoms with Crippen LogP contribution in [0.4, 0.5) is 5.13 Å². The number of thiazole rings is 1. The van der Waals surface area contributed by atoms with E-state index in [9.17, 15) is 4.79 Å². The van der Waals surface area contributed by atoms with Crippen molar-refractivity contribution in [1.82, 2.24) is 9.88 Å². The van der Waals surface area contributed by atoms with Crippen LogP contribution in [-0.4, -0.2) is 56.2 Å². The van der Waals surface area contributed by atoms with Crippen LogP contribution in [0, 0.1) is 6.92 Å². The van der Waals surface area contributed by atoms with Gasteiger partial charge in [0.2, 0.25) is 0 Å². The minimum atomic E-state index is -0.121. The largest absolute Gasteiger partial charge is 0.492 e. The van der Waals surface area contributed by atoms with E-state index < -0.39 is 0 Å². The van der Waals surface area contributed by atoms with Gasteiger partial charge in [-0.2, -0.15) is 0 Å². The van der Waals surface area contributed by atoms with Crippen LogP contribution in [0.5, 0.6) is 11.5 Å². The Morgan fingerprint density at radius 2 is 1.83 bits per heavy atom. The number of hydrogen-bond donors (Lipinski definition) is 0. The average Bonchev–Trinajstić information content (AvgIpc) is 3.12. The van der Waals surface area contributed by atoms with Gasteiger partial charge in [0, 0.05) is 13.1 Å². The number of aryl methyl sites for hydroxylation is 1. The highest BCUT2D eigenvalue weighted by atomic mass is 32.1. The molecule has 0 bridgehead atoms. The van der Waals surface area contributed by atoms with E-state index >= 15 is 0 Å². The van der Waals surface area contributed by atoms with Crippen molar-refractivity contribution in [3.8, 4) is 11.5 Å². The van der Waals surface area contributed by atoms with E-state index in [1.807, 2.05) is 75.3 Å². The molecule has 0 atom stereocenters. The van der Waals surface area contributed by atoms with Gasteiger partial charge in [-0.05, 0) is 52.2 Å². The van der Waals surface area contributed by atoms with Gasteiger partial charge in [-0.15, -0.1) is 0 Å². The van der Waals surface area contributed by atoms with E-state index in [0.717, 1.165) is 28.1 Å². The van der Waals surface area contributed by atoms with Gasteiger partial charge in [-0.3, -0.25) is 9.69 Å². The maximum absolute atomic E-state index is 13.0. The number of para-hydroxylation sites is 1. The number of amides is 1. The van der Waals surface area contributed by atoms with Crippen LogP contribution in [0.2, 0.25) is 0 Å². The van der Waals surface area contributed by atoms with Crippen LogP contribution in [-0.2, 0) is 4.79 Å². The average molecular weight is 414 g/mol. The molecule has 0 saturated heterocycles. The summed E-state index contributed by atoms with van der Waals surface area (Å²) in [5, 5.41) is 0.659. The Balaban J connectivity index is 1.82. The summed E-state index contributed by atoms with van der Waals surface area (Å²) in [4.78, 5) is 21.5. The van der Waals surface area contributed by atoms with Gasteiger partial charge >= 0.3 is 0 Å². The SMILES string of the molecule is CCOc1cccc2sc(N(CCN(C)C)C(=O)COc3ccc(C)cc3)nc12. The van der Waals surface area contributed by atoms with Crippen LogP contribution >= 0.6 is 11.3 Å². The molecule has 0 aliphatic rings. The molecule has 7 heteroatoms. The van der Waals surface area contributed by atoms with Crippen molar-refractivity contribution in [2.45, 2.75) is 13.8 Å². The molecule has 0 unspecified atom stereocenters. The van der Waals surface area contributed by atoms with E-state index in [1.54, 1.807) is 4.90 Å². The number of carbonyl (C=O) groups is 1. The van der Waals surface area contributed by atoms with Crippen LogP contribution in [0.15, 0.2) is 42.5 Å². The first-order valence-corrected chi connectivity index (χ1v) is 10.5. The van der Waals surface area contributed by atoms with Crippen LogP contribution < -0.4 is 14.4 Å². The molecule has 3 aromatic rings. The first-order valence-electron chi connectivity index (χ1n) is 9.65. The molecule has 0 saturated carbocycles. The summed E-state index contributed by atoms with van der Waals surface area (Å²) in [6.07, 6.45) is 0. The standard InChI is InChI=1S/C22H27N3O3S/c1-5-27-18-7-6-8-19-21(18)23-22(29-19)25(14-13-24(3)4)20(26)15-28-17-11-9-16(2)10-12-17/h6-12H,5,13-15H2,1-4H3. The molecule has 1 aromatic heterocycles. The number of carbonyl (C=O) groups excluding carboxylic acids is 1. The van der Waals surface area contributed by atoms with Crippen LogP contribution in [0.3, 0.4) is 0 Å². The molecular formula is C22H27N3O3S. The Kier molecular flexibility index (Phi) is 7.06. The van der Waals surface area contributed by atoms with E-state index in [4.69, 9.17) is 14.5 Å². The number of fused-ring (bicyclic) bond motifs is 1. The van der Waals surface area contributed by atoms with Crippen molar-refractivity contribution in [3.63, 3.8) is 0 Å². The maximum Gasteiger partial charge on any atom is 0.266 e. The molecule has 0 N–H and O–H groups in total. The summed E-state index contributed by atoms with van der Waals surface area (Å²) >= 11 is 1.49. The van der Waals surface area contributed by atoms with E-state index in [-0.39, 0.29) is 12.5 Å². The molecule has 0 aliphatic heterocycles. The molecule has 2 aromatic carbocycles. The molecule has 0 fully saturated rings. The fourth-order valence-electron chi connectivity index (χ4n) is 2.78. The van der Waals surface area contributed by atoms with E-state index in [2.05, 4.69) is 0 Å². The van der Waals surface area contributed by atoms with Gasteiger partial charge in [0.1, 0.15) is 17.0 Å². The number of nitrogens with zero attached hydrogens (tertiary/aromatic N) is 3. The highest BCUT2D eigenvalue weighted by Crippen LogP contribution is 2.34. The molecule has 0 aliphatic carbocycles. The Morgan fingerprint density at radius 1 is 1.07 bits per heavy atom. The summed E-state index contributed by atoms with van der Waals surface area (Å²) in [5.41, 5.74) is 1.94. The maximum atomic E-state index is 13.0. The van der Waals surface area contributed by atoms with E-state index in [0.29, 0.717) is 24.0 Å². The van der Waals surface area contributed by atoms with Crippen molar-refractivity contribution < 1.29 is 14.3 Å².